The molecule has 3 rings (SSSR count). The molecule has 1 aromatic heterocycles. The normalized spacial score (nSPS) is 14.7. The second kappa shape index (κ2) is 6.83. The molecule has 1 aromatic carbocycles. The molecule has 0 bridgehead atoms. The van der Waals surface area contributed by atoms with Crippen molar-refractivity contribution in [2.24, 2.45) is 0 Å². The Kier molecular flexibility index (Phi) is 4.62. The number of anilines is 1. The van der Waals surface area contributed by atoms with Crippen LogP contribution in [0.15, 0.2) is 36.7 Å². The van der Waals surface area contributed by atoms with E-state index in [1.54, 1.807) is 4.90 Å². The first-order valence-corrected chi connectivity index (χ1v) is 7.71. The van der Waals surface area contributed by atoms with Crippen molar-refractivity contribution in [1.82, 2.24) is 14.9 Å². The number of para-hydroxylation sites is 1. The van der Waals surface area contributed by atoms with Crippen LogP contribution in [0, 0.1) is 0 Å². The van der Waals surface area contributed by atoms with E-state index in [1.165, 1.54) is 19.5 Å². The van der Waals surface area contributed by atoms with Crippen molar-refractivity contribution >= 4 is 23.2 Å². The monoisotopic (exact) mass is 332 g/mol. The van der Waals surface area contributed by atoms with Gasteiger partial charge in [-0.3, -0.25) is 4.79 Å². The van der Waals surface area contributed by atoms with E-state index in [1.807, 2.05) is 24.3 Å². The second-order valence-electron chi connectivity index (χ2n) is 5.19. The number of carbonyl (C=O) groups excluding carboxylic acids is 1. The first-order valence-electron chi connectivity index (χ1n) is 7.34. The molecule has 0 spiro atoms. The Morgan fingerprint density at radius 2 is 1.78 bits per heavy atom. The van der Waals surface area contributed by atoms with Crippen molar-refractivity contribution in [1.29, 1.82) is 0 Å². The molecule has 0 unspecified atom stereocenters. The summed E-state index contributed by atoms with van der Waals surface area (Å²) in [6, 6.07) is 8.01. The maximum atomic E-state index is 12.5. The molecule has 0 radical (unpaired) electrons. The Morgan fingerprint density at radius 3 is 2.39 bits per heavy atom. The van der Waals surface area contributed by atoms with E-state index in [4.69, 9.17) is 16.3 Å². The van der Waals surface area contributed by atoms with Crippen LogP contribution in [0.3, 0.4) is 0 Å². The highest BCUT2D eigenvalue weighted by Crippen LogP contribution is 2.26. The molecular weight excluding hydrogens is 316 g/mol. The average molecular weight is 333 g/mol. The Labute approximate surface area is 139 Å². The smallest absolute Gasteiger partial charge is 0.316 e. The molecule has 1 aliphatic rings. The summed E-state index contributed by atoms with van der Waals surface area (Å²) in [5.74, 6) is -0.0635. The Balaban J connectivity index is 1.64. The minimum Gasteiger partial charge on any atom is -0.467 e. The lowest BCUT2D eigenvalue weighted by Gasteiger charge is -2.36. The summed E-state index contributed by atoms with van der Waals surface area (Å²) in [5.41, 5.74) is 1.48. The number of carbonyl (C=O) groups is 1. The molecule has 0 N–H and O–H groups in total. The third kappa shape index (κ3) is 3.37. The van der Waals surface area contributed by atoms with Crippen LogP contribution >= 0.6 is 11.6 Å². The number of ether oxygens (including phenoxy) is 1. The van der Waals surface area contributed by atoms with Gasteiger partial charge in [-0.15, -0.1) is 0 Å². The van der Waals surface area contributed by atoms with Gasteiger partial charge in [-0.1, -0.05) is 23.7 Å². The maximum absolute atomic E-state index is 12.5. The molecule has 0 saturated carbocycles. The molecular formula is C16H17ClN4O2. The number of benzene rings is 1. The summed E-state index contributed by atoms with van der Waals surface area (Å²) in [6.07, 6.45) is 2.99. The van der Waals surface area contributed by atoms with Crippen molar-refractivity contribution < 1.29 is 9.53 Å². The minimum absolute atomic E-state index is 0.0635. The molecule has 2 heterocycles. The van der Waals surface area contributed by atoms with Gasteiger partial charge >= 0.3 is 6.01 Å². The zero-order chi connectivity index (χ0) is 16.2. The lowest BCUT2D eigenvalue weighted by atomic mass is 10.2. The fraction of sp³-hybridized carbons (Fsp3) is 0.312. The minimum atomic E-state index is -0.0635. The lowest BCUT2D eigenvalue weighted by Crippen LogP contribution is -2.48. The van der Waals surface area contributed by atoms with E-state index >= 15 is 0 Å². The molecule has 2 aromatic rings. The molecule has 1 aliphatic heterocycles. The fourth-order valence-electron chi connectivity index (χ4n) is 2.57. The molecule has 120 valence electrons. The zero-order valence-corrected chi connectivity index (χ0v) is 13.5. The number of nitrogens with zero attached hydrogens (tertiary/aromatic N) is 4. The summed E-state index contributed by atoms with van der Waals surface area (Å²) < 4.78 is 4.90. The lowest BCUT2D eigenvalue weighted by molar-refractivity contribution is 0.0745. The predicted molar refractivity (Wildman–Crippen MR) is 88.2 cm³/mol. The van der Waals surface area contributed by atoms with Crippen LogP contribution in [0.2, 0.25) is 5.02 Å². The summed E-state index contributed by atoms with van der Waals surface area (Å²) in [4.78, 5) is 24.4. The molecule has 0 atom stereocenters. The molecule has 23 heavy (non-hydrogen) atoms. The van der Waals surface area contributed by atoms with Crippen molar-refractivity contribution in [3.8, 4) is 6.01 Å². The van der Waals surface area contributed by atoms with E-state index in [0.717, 1.165) is 23.8 Å². The third-order valence-corrected chi connectivity index (χ3v) is 4.14. The standard InChI is InChI=1S/C16H17ClN4O2/c1-23-16-18-10-12(11-19-16)15(22)21-8-6-20(7-9-21)14-5-3-2-4-13(14)17/h2-5,10-11H,6-9H2,1H3. The number of hydrogen-bond donors (Lipinski definition) is 0. The number of halogens is 1. The summed E-state index contributed by atoms with van der Waals surface area (Å²) in [5, 5.41) is 0.732. The van der Waals surface area contributed by atoms with Crippen LogP contribution in [-0.4, -0.2) is 54.1 Å². The van der Waals surface area contributed by atoms with Gasteiger partial charge in [0.05, 0.1) is 23.4 Å². The number of piperazine rings is 1. The van der Waals surface area contributed by atoms with Gasteiger partial charge in [-0.2, -0.15) is 0 Å². The van der Waals surface area contributed by atoms with E-state index in [-0.39, 0.29) is 11.9 Å². The van der Waals surface area contributed by atoms with Gasteiger partial charge in [0, 0.05) is 38.6 Å². The highest BCUT2D eigenvalue weighted by molar-refractivity contribution is 6.33. The Bertz CT molecular complexity index is 685. The number of hydrogen-bond acceptors (Lipinski definition) is 5. The molecule has 1 saturated heterocycles. The van der Waals surface area contributed by atoms with E-state index in [2.05, 4.69) is 14.9 Å². The highest BCUT2D eigenvalue weighted by atomic mass is 35.5. The Morgan fingerprint density at radius 1 is 1.13 bits per heavy atom. The van der Waals surface area contributed by atoms with Crippen LogP contribution in [-0.2, 0) is 0 Å². The summed E-state index contributed by atoms with van der Waals surface area (Å²) in [7, 11) is 1.49. The molecule has 6 nitrogen and oxygen atoms in total. The van der Waals surface area contributed by atoms with Crippen LogP contribution in [0.4, 0.5) is 5.69 Å². The number of rotatable bonds is 3. The van der Waals surface area contributed by atoms with Crippen molar-refractivity contribution in [2.75, 3.05) is 38.2 Å². The molecule has 1 amide bonds. The SMILES string of the molecule is COc1ncc(C(=O)N2CCN(c3ccccc3Cl)CC2)cn1. The largest absolute Gasteiger partial charge is 0.467 e. The van der Waals surface area contributed by atoms with Crippen LogP contribution in [0.1, 0.15) is 10.4 Å². The molecule has 0 aliphatic carbocycles. The van der Waals surface area contributed by atoms with Crippen LogP contribution in [0.25, 0.3) is 0 Å². The van der Waals surface area contributed by atoms with E-state index in [9.17, 15) is 4.79 Å². The van der Waals surface area contributed by atoms with Gasteiger partial charge in [0.2, 0.25) is 0 Å². The van der Waals surface area contributed by atoms with Crippen molar-refractivity contribution in [2.45, 2.75) is 0 Å². The fourth-order valence-corrected chi connectivity index (χ4v) is 2.83. The van der Waals surface area contributed by atoms with Gasteiger partial charge in [0.15, 0.2) is 0 Å². The Hall–Kier alpha value is -2.34. The number of amides is 1. The van der Waals surface area contributed by atoms with Crippen LogP contribution < -0.4 is 9.64 Å². The van der Waals surface area contributed by atoms with Gasteiger partial charge in [0.1, 0.15) is 0 Å². The maximum Gasteiger partial charge on any atom is 0.316 e. The predicted octanol–water partition coefficient (Wildman–Crippen LogP) is 2.10. The third-order valence-electron chi connectivity index (χ3n) is 3.82. The highest BCUT2D eigenvalue weighted by Gasteiger charge is 2.23. The molecule has 7 heteroatoms. The van der Waals surface area contributed by atoms with Gasteiger partial charge in [0.25, 0.3) is 5.91 Å². The summed E-state index contributed by atoms with van der Waals surface area (Å²) in [6.45, 7) is 2.76. The van der Waals surface area contributed by atoms with Gasteiger partial charge in [-0.25, -0.2) is 9.97 Å². The van der Waals surface area contributed by atoms with Crippen LogP contribution in [0.5, 0.6) is 6.01 Å². The summed E-state index contributed by atoms with van der Waals surface area (Å²) >= 11 is 6.23. The van der Waals surface area contributed by atoms with Gasteiger partial charge < -0.3 is 14.5 Å². The van der Waals surface area contributed by atoms with E-state index < -0.39 is 0 Å². The average Bonchev–Trinajstić information content (AvgIpc) is 2.62. The van der Waals surface area contributed by atoms with Crippen molar-refractivity contribution in [3.05, 3.63) is 47.2 Å². The topological polar surface area (TPSA) is 58.6 Å². The molecule has 1 fully saturated rings. The number of methoxy groups -OCH3 is 1. The zero-order valence-electron chi connectivity index (χ0n) is 12.8. The first kappa shape index (κ1) is 15.6. The van der Waals surface area contributed by atoms with E-state index in [0.29, 0.717) is 18.7 Å². The van der Waals surface area contributed by atoms with Crippen molar-refractivity contribution in [3.63, 3.8) is 0 Å². The number of aromatic nitrogens is 2. The first-order chi connectivity index (χ1) is 11.2. The van der Waals surface area contributed by atoms with Gasteiger partial charge in [-0.05, 0) is 12.1 Å². The quantitative estimate of drug-likeness (QED) is 0.861. The second-order valence-corrected chi connectivity index (χ2v) is 5.60.